The molecule has 0 heterocycles. The molecular formula is C7H14N2. The molecule has 0 bridgehead atoms. The van der Waals surface area contributed by atoms with Crippen molar-refractivity contribution in [2.75, 3.05) is 14.1 Å². The average molecular weight is 126 g/mol. The summed E-state index contributed by atoms with van der Waals surface area (Å²) >= 11 is 0. The second-order valence-electron chi connectivity index (χ2n) is 1.80. The molecule has 0 aliphatic heterocycles. The lowest BCUT2D eigenvalue weighted by Gasteiger charge is -1.90. The predicted molar refractivity (Wildman–Crippen MR) is 41.0 cm³/mol. The van der Waals surface area contributed by atoms with Crippen LogP contribution in [0, 0.1) is 0 Å². The van der Waals surface area contributed by atoms with Crippen molar-refractivity contribution in [1.82, 2.24) is 10.6 Å². The first kappa shape index (κ1) is 8.08. The SMILES string of the molecule is CN/C=C\C(C)=C/NC. The molecule has 0 unspecified atom stereocenters. The first-order valence-electron chi connectivity index (χ1n) is 2.99. The van der Waals surface area contributed by atoms with Crippen LogP contribution in [-0.2, 0) is 0 Å². The molecule has 0 aliphatic rings. The van der Waals surface area contributed by atoms with Crippen molar-refractivity contribution in [2.24, 2.45) is 0 Å². The standard InChI is InChI=1S/C7H14N2/c1-7(6-9-3)4-5-8-2/h4-6,8-9H,1-3H3/b5-4-,7-6-. The Morgan fingerprint density at radius 1 is 1.22 bits per heavy atom. The molecule has 0 atom stereocenters. The van der Waals surface area contributed by atoms with Gasteiger partial charge in [0.25, 0.3) is 0 Å². The van der Waals surface area contributed by atoms with E-state index in [-0.39, 0.29) is 0 Å². The predicted octanol–water partition coefficient (Wildman–Crippen LogP) is 0.843. The van der Waals surface area contributed by atoms with E-state index >= 15 is 0 Å². The number of rotatable bonds is 3. The van der Waals surface area contributed by atoms with Crippen LogP contribution in [0.25, 0.3) is 0 Å². The summed E-state index contributed by atoms with van der Waals surface area (Å²) in [6, 6.07) is 0. The van der Waals surface area contributed by atoms with Crippen molar-refractivity contribution in [3.05, 3.63) is 24.0 Å². The van der Waals surface area contributed by atoms with E-state index in [0.29, 0.717) is 0 Å². The fraction of sp³-hybridized carbons (Fsp3) is 0.429. The van der Waals surface area contributed by atoms with Crippen molar-refractivity contribution in [3.8, 4) is 0 Å². The van der Waals surface area contributed by atoms with Crippen molar-refractivity contribution >= 4 is 0 Å². The molecule has 0 aromatic carbocycles. The zero-order chi connectivity index (χ0) is 7.11. The molecule has 0 aromatic rings. The van der Waals surface area contributed by atoms with Crippen LogP contribution in [-0.4, -0.2) is 14.1 Å². The normalized spacial score (nSPS) is 12.1. The summed E-state index contributed by atoms with van der Waals surface area (Å²) in [5, 5.41) is 5.84. The molecule has 0 aromatic heterocycles. The molecule has 9 heavy (non-hydrogen) atoms. The lowest BCUT2D eigenvalue weighted by atomic mass is 10.3. The Balaban J connectivity index is 3.60. The average Bonchev–Trinajstić information content (AvgIpc) is 1.85. The second kappa shape index (κ2) is 5.22. The highest BCUT2D eigenvalue weighted by Gasteiger charge is 1.74. The Labute approximate surface area is 56.6 Å². The van der Waals surface area contributed by atoms with Gasteiger partial charge in [0.15, 0.2) is 0 Å². The summed E-state index contributed by atoms with van der Waals surface area (Å²) in [6.45, 7) is 2.03. The molecule has 0 fully saturated rings. The lowest BCUT2D eigenvalue weighted by Crippen LogP contribution is -1.95. The van der Waals surface area contributed by atoms with Gasteiger partial charge in [-0.2, -0.15) is 0 Å². The minimum absolute atomic E-state index is 1.20. The van der Waals surface area contributed by atoms with Crippen LogP contribution < -0.4 is 10.6 Å². The van der Waals surface area contributed by atoms with Crippen molar-refractivity contribution in [3.63, 3.8) is 0 Å². The summed E-state index contributed by atoms with van der Waals surface area (Å²) in [5.74, 6) is 0. The molecule has 2 nitrogen and oxygen atoms in total. The first-order valence-corrected chi connectivity index (χ1v) is 2.99. The Morgan fingerprint density at radius 3 is 2.33 bits per heavy atom. The number of hydrogen-bond donors (Lipinski definition) is 2. The van der Waals surface area contributed by atoms with Crippen molar-refractivity contribution in [1.29, 1.82) is 0 Å². The van der Waals surface area contributed by atoms with Gasteiger partial charge in [-0.1, -0.05) is 0 Å². The quantitative estimate of drug-likeness (QED) is 0.548. The van der Waals surface area contributed by atoms with Crippen LogP contribution in [0.2, 0.25) is 0 Å². The van der Waals surface area contributed by atoms with Crippen LogP contribution in [0.1, 0.15) is 6.92 Å². The van der Waals surface area contributed by atoms with Gasteiger partial charge < -0.3 is 10.6 Å². The molecule has 2 heteroatoms. The van der Waals surface area contributed by atoms with Crippen molar-refractivity contribution in [2.45, 2.75) is 6.92 Å². The zero-order valence-electron chi connectivity index (χ0n) is 6.23. The molecule has 0 amide bonds. The van der Waals surface area contributed by atoms with E-state index < -0.39 is 0 Å². The highest BCUT2D eigenvalue weighted by molar-refractivity contribution is 5.13. The third-order valence-electron chi connectivity index (χ3n) is 0.885. The van der Waals surface area contributed by atoms with Gasteiger partial charge in [0.1, 0.15) is 0 Å². The van der Waals surface area contributed by atoms with Gasteiger partial charge in [-0.25, -0.2) is 0 Å². The number of nitrogens with one attached hydrogen (secondary N) is 2. The van der Waals surface area contributed by atoms with Crippen LogP contribution >= 0.6 is 0 Å². The molecule has 0 saturated carbocycles. The highest BCUT2D eigenvalue weighted by Crippen LogP contribution is 1.89. The first-order chi connectivity index (χ1) is 4.31. The number of allylic oxidation sites excluding steroid dienone is 2. The summed E-state index contributed by atoms with van der Waals surface area (Å²) < 4.78 is 0. The maximum absolute atomic E-state index is 2.94. The Hall–Kier alpha value is -0.920. The van der Waals surface area contributed by atoms with E-state index in [2.05, 4.69) is 10.6 Å². The molecule has 0 spiro atoms. The van der Waals surface area contributed by atoms with E-state index in [0.717, 1.165) is 0 Å². The maximum Gasteiger partial charge on any atom is 0.00277 e. The molecule has 0 radical (unpaired) electrons. The van der Waals surface area contributed by atoms with Gasteiger partial charge >= 0.3 is 0 Å². The van der Waals surface area contributed by atoms with E-state index in [1.54, 1.807) is 0 Å². The number of hydrogen-bond acceptors (Lipinski definition) is 2. The van der Waals surface area contributed by atoms with Gasteiger partial charge in [-0.15, -0.1) is 0 Å². The van der Waals surface area contributed by atoms with Gasteiger partial charge in [-0.05, 0) is 31.0 Å². The largest absolute Gasteiger partial charge is 0.394 e. The monoisotopic (exact) mass is 126 g/mol. The summed E-state index contributed by atoms with van der Waals surface area (Å²) in [7, 11) is 3.76. The molecular weight excluding hydrogens is 112 g/mol. The second-order valence-corrected chi connectivity index (χ2v) is 1.80. The molecule has 52 valence electrons. The van der Waals surface area contributed by atoms with Crippen molar-refractivity contribution < 1.29 is 0 Å². The van der Waals surface area contributed by atoms with E-state index in [1.165, 1.54) is 5.57 Å². The van der Waals surface area contributed by atoms with Gasteiger partial charge in [0, 0.05) is 14.1 Å². The smallest absolute Gasteiger partial charge is 0.00277 e. The Bertz CT molecular complexity index is 114. The molecule has 0 saturated heterocycles. The Kier molecular flexibility index (Phi) is 4.69. The molecule has 0 aliphatic carbocycles. The van der Waals surface area contributed by atoms with Crippen LogP contribution in [0.3, 0.4) is 0 Å². The van der Waals surface area contributed by atoms with Gasteiger partial charge in [0.05, 0.1) is 0 Å². The summed E-state index contributed by atoms with van der Waals surface area (Å²) in [5.41, 5.74) is 1.20. The highest BCUT2D eigenvalue weighted by atomic mass is 14.8. The Morgan fingerprint density at radius 2 is 1.89 bits per heavy atom. The zero-order valence-corrected chi connectivity index (χ0v) is 6.23. The molecule has 2 N–H and O–H groups in total. The van der Waals surface area contributed by atoms with E-state index in [9.17, 15) is 0 Å². The van der Waals surface area contributed by atoms with Gasteiger partial charge in [0.2, 0.25) is 0 Å². The van der Waals surface area contributed by atoms with Crippen LogP contribution in [0.4, 0.5) is 0 Å². The van der Waals surface area contributed by atoms with Gasteiger partial charge in [-0.3, -0.25) is 0 Å². The third-order valence-corrected chi connectivity index (χ3v) is 0.885. The minimum Gasteiger partial charge on any atom is -0.394 e. The third kappa shape index (κ3) is 4.94. The van der Waals surface area contributed by atoms with E-state index in [1.807, 2.05) is 39.5 Å². The fourth-order valence-electron chi connectivity index (χ4n) is 0.491. The summed E-state index contributed by atoms with van der Waals surface area (Å²) in [4.78, 5) is 0. The van der Waals surface area contributed by atoms with Crippen LogP contribution in [0.5, 0.6) is 0 Å². The van der Waals surface area contributed by atoms with Crippen LogP contribution in [0.15, 0.2) is 24.0 Å². The van der Waals surface area contributed by atoms with E-state index in [4.69, 9.17) is 0 Å². The summed E-state index contributed by atoms with van der Waals surface area (Å²) in [6.07, 6.45) is 5.83. The molecule has 0 rings (SSSR count). The maximum atomic E-state index is 2.94. The topological polar surface area (TPSA) is 24.1 Å². The minimum atomic E-state index is 1.20. The lowest BCUT2D eigenvalue weighted by molar-refractivity contribution is 1.07. The fourth-order valence-corrected chi connectivity index (χ4v) is 0.491.